The third-order valence-electron chi connectivity index (χ3n) is 5.63. The van der Waals surface area contributed by atoms with Crippen molar-refractivity contribution in [3.8, 4) is 17.2 Å². The van der Waals surface area contributed by atoms with Gasteiger partial charge in [0, 0.05) is 17.0 Å². The van der Waals surface area contributed by atoms with Crippen LogP contribution in [0.2, 0.25) is 0 Å². The monoisotopic (exact) mass is 493 g/mol. The minimum absolute atomic E-state index is 0.0504. The first-order valence-electron chi connectivity index (χ1n) is 11.1. The van der Waals surface area contributed by atoms with E-state index in [1.54, 1.807) is 43.5 Å². The molecule has 1 aliphatic rings. The van der Waals surface area contributed by atoms with E-state index in [1.165, 1.54) is 23.3 Å². The van der Waals surface area contributed by atoms with Crippen LogP contribution in [0, 0.1) is 0 Å². The summed E-state index contributed by atoms with van der Waals surface area (Å²) < 4.78 is 16.4. The number of ketones is 1. The van der Waals surface area contributed by atoms with Gasteiger partial charge in [-0.3, -0.25) is 9.59 Å². The zero-order valence-electron chi connectivity index (χ0n) is 20.0. The number of carbonyl (C=O) groups excluding carboxylic acids is 2. The lowest BCUT2D eigenvalue weighted by molar-refractivity contribution is -0.140. The van der Waals surface area contributed by atoms with Crippen molar-refractivity contribution in [2.75, 3.05) is 14.2 Å². The first-order chi connectivity index (χ1) is 16.8. The molecular formula is C27H27NO6S. The molecule has 0 bridgehead atoms. The first-order valence-corrected chi connectivity index (χ1v) is 12.0. The van der Waals surface area contributed by atoms with Crippen LogP contribution in [-0.2, 0) is 16.1 Å². The zero-order valence-corrected chi connectivity index (χ0v) is 20.8. The molecule has 0 aliphatic carbocycles. The molecule has 0 saturated carbocycles. The largest absolute Gasteiger partial charge is 0.507 e. The summed E-state index contributed by atoms with van der Waals surface area (Å²) in [5.41, 5.74) is 1.23. The number of rotatable bonds is 8. The van der Waals surface area contributed by atoms with Gasteiger partial charge in [0.05, 0.1) is 31.9 Å². The Balaban J connectivity index is 1.78. The Hall–Kier alpha value is -3.78. The van der Waals surface area contributed by atoms with Crippen molar-refractivity contribution in [3.63, 3.8) is 0 Å². The second-order valence-corrected chi connectivity index (χ2v) is 9.31. The van der Waals surface area contributed by atoms with Gasteiger partial charge in [-0.15, -0.1) is 11.3 Å². The quantitative estimate of drug-likeness (QED) is 0.265. The Labute approximate surface area is 208 Å². The molecule has 1 fully saturated rings. The predicted molar refractivity (Wildman–Crippen MR) is 134 cm³/mol. The lowest BCUT2D eigenvalue weighted by Crippen LogP contribution is -2.28. The van der Waals surface area contributed by atoms with E-state index in [4.69, 9.17) is 14.2 Å². The Morgan fingerprint density at radius 3 is 2.46 bits per heavy atom. The van der Waals surface area contributed by atoms with Crippen LogP contribution in [0.5, 0.6) is 17.2 Å². The van der Waals surface area contributed by atoms with Gasteiger partial charge in [0.1, 0.15) is 11.5 Å². The molecule has 182 valence electrons. The number of nitrogens with zero attached hydrogens (tertiary/aromatic N) is 1. The maximum absolute atomic E-state index is 13.2. The highest BCUT2D eigenvalue weighted by Gasteiger charge is 2.46. The standard InChI is InChI=1S/C27H27NO6S/c1-16(2)34-19-8-5-7-18(14-19)25(29)23-24(22-9-6-12-35-22)28(27(31)26(23)30)15-17-10-11-20(32-3)21(13-17)33-4/h5-14,16,24,29H,15H2,1-4H3/b25-23-. The van der Waals surface area contributed by atoms with Gasteiger partial charge in [0.25, 0.3) is 11.7 Å². The molecule has 1 aliphatic heterocycles. The Morgan fingerprint density at radius 1 is 1.03 bits per heavy atom. The van der Waals surface area contributed by atoms with Crippen molar-refractivity contribution in [1.82, 2.24) is 4.90 Å². The van der Waals surface area contributed by atoms with Gasteiger partial charge in [0.15, 0.2) is 11.5 Å². The van der Waals surface area contributed by atoms with Gasteiger partial charge in [-0.05, 0) is 55.1 Å². The average Bonchev–Trinajstić information content (AvgIpc) is 3.46. The van der Waals surface area contributed by atoms with Crippen LogP contribution >= 0.6 is 11.3 Å². The number of carbonyl (C=O) groups is 2. The van der Waals surface area contributed by atoms with Crippen molar-refractivity contribution < 1.29 is 28.9 Å². The minimum atomic E-state index is -0.725. The summed E-state index contributed by atoms with van der Waals surface area (Å²) >= 11 is 1.42. The van der Waals surface area contributed by atoms with Gasteiger partial charge in [-0.1, -0.05) is 24.3 Å². The summed E-state index contributed by atoms with van der Waals surface area (Å²) in [5.74, 6) is 0.0285. The van der Waals surface area contributed by atoms with Crippen molar-refractivity contribution >= 4 is 28.8 Å². The van der Waals surface area contributed by atoms with Gasteiger partial charge in [-0.2, -0.15) is 0 Å². The van der Waals surface area contributed by atoms with Gasteiger partial charge >= 0.3 is 0 Å². The number of ether oxygens (including phenoxy) is 3. The molecular weight excluding hydrogens is 466 g/mol. The number of methoxy groups -OCH3 is 2. The van der Waals surface area contributed by atoms with Crippen molar-refractivity contribution in [1.29, 1.82) is 0 Å². The maximum Gasteiger partial charge on any atom is 0.295 e. The van der Waals surface area contributed by atoms with Crippen LogP contribution in [0.15, 0.2) is 65.6 Å². The summed E-state index contributed by atoms with van der Waals surface area (Å²) in [6.07, 6.45) is -0.0504. The fraction of sp³-hybridized carbons (Fsp3) is 0.259. The summed E-state index contributed by atoms with van der Waals surface area (Å²) in [5, 5.41) is 13.1. The number of amides is 1. The molecule has 4 rings (SSSR count). The molecule has 35 heavy (non-hydrogen) atoms. The summed E-state index contributed by atoms with van der Waals surface area (Å²) in [4.78, 5) is 28.7. The van der Waals surface area contributed by atoms with Gasteiger partial charge in [-0.25, -0.2) is 0 Å². The molecule has 2 aromatic carbocycles. The normalized spacial score (nSPS) is 17.2. The molecule has 8 heteroatoms. The van der Waals surface area contributed by atoms with E-state index in [2.05, 4.69) is 0 Å². The molecule has 2 heterocycles. The molecule has 1 saturated heterocycles. The lowest BCUT2D eigenvalue weighted by Gasteiger charge is -2.24. The SMILES string of the molecule is COc1ccc(CN2C(=O)C(=O)/C(=C(\O)c3cccc(OC(C)C)c3)C2c2cccs2)cc1OC. The zero-order chi connectivity index (χ0) is 25.1. The van der Waals surface area contributed by atoms with Crippen molar-refractivity contribution in [2.24, 2.45) is 0 Å². The van der Waals surface area contributed by atoms with E-state index in [0.717, 1.165) is 10.4 Å². The number of aliphatic hydroxyl groups excluding tert-OH is 1. The highest BCUT2D eigenvalue weighted by atomic mass is 32.1. The summed E-state index contributed by atoms with van der Waals surface area (Å²) in [7, 11) is 3.09. The molecule has 0 spiro atoms. The van der Waals surface area contributed by atoms with Crippen molar-refractivity contribution in [3.05, 3.63) is 81.6 Å². The highest BCUT2D eigenvalue weighted by molar-refractivity contribution is 7.10. The number of hydrogen-bond acceptors (Lipinski definition) is 7. The Kier molecular flexibility index (Phi) is 7.12. The Morgan fingerprint density at radius 2 is 1.80 bits per heavy atom. The third-order valence-corrected chi connectivity index (χ3v) is 6.56. The summed E-state index contributed by atoms with van der Waals surface area (Å²) in [6, 6.07) is 15.2. The van der Waals surface area contributed by atoms with Gasteiger partial charge < -0.3 is 24.2 Å². The molecule has 1 aromatic heterocycles. The molecule has 1 N–H and O–H groups in total. The number of aliphatic hydroxyl groups is 1. The van der Waals surface area contributed by atoms with Crippen LogP contribution in [0.25, 0.3) is 5.76 Å². The van der Waals surface area contributed by atoms with E-state index in [1.807, 2.05) is 37.4 Å². The fourth-order valence-corrected chi connectivity index (χ4v) is 4.95. The molecule has 3 aromatic rings. The van der Waals surface area contributed by atoms with Crippen LogP contribution in [-0.4, -0.2) is 42.0 Å². The second kappa shape index (κ2) is 10.2. The predicted octanol–water partition coefficient (Wildman–Crippen LogP) is 5.17. The topological polar surface area (TPSA) is 85.3 Å². The van der Waals surface area contributed by atoms with Gasteiger partial charge in [0.2, 0.25) is 0 Å². The van der Waals surface area contributed by atoms with Crippen molar-refractivity contribution in [2.45, 2.75) is 32.5 Å². The molecule has 1 atom stereocenters. The van der Waals surface area contributed by atoms with E-state index in [0.29, 0.717) is 22.8 Å². The summed E-state index contributed by atoms with van der Waals surface area (Å²) in [6.45, 7) is 3.97. The van der Waals surface area contributed by atoms with E-state index < -0.39 is 17.7 Å². The van der Waals surface area contributed by atoms with E-state index in [9.17, 15) is 14.7 Å². The molecule has 1 unspecified atom stereocenters. The fourth-order valence-electron chi connectivity index (χ4n) is 4.11. The molecule has 7 nitrogen and oxygen atoms in total. The second-order valence-electron chi connectivity index (χ2n) is 8.33. The average molecular weight is 494 g/mol. The molecule has 1 amide bonds. The minimum Gasteiger partial charge on any atom is -0.507 e. The van der Waals surface area contributed by atoms with Crippen LogP contribution in [0.4, 0.5) is 0 Å². The van der Waals surface area contributed by atoms with E-state index >= 15 is 0 Å². The number of Topliss-reactive ketones (excluding diaryl/α,β-unsaturated/α-hetero) is 1. The van der Waals surface area contributed by atoms with E-state index in [-0.39, 0.29) is 24.0 Å². The van der Waals surface area contributed by atoms with Crippen LogP contribution in [0.3, 0.4) is 0 Å². The third kappa shape index (κ3) is 4.88. The number of benzene rings is 2. The smallest absolute Gasteiger partial charge is 0.295 e. The lowest BCUT2D eigenvalue weighted by atomic mass is 9.99. The first kappa shape index (κ1) is 24.3. The van der Waals surface area contributed by atoms with Crippen LogP contribution < -0.4 is 14.2 Å². The molecule has 0 radical (unpaired) electrons. The maximum atomic E-state index is 13.2. The number of hydrogen-bond donors (Lipinski definition) is 1. The number of thiophene rings is 1. The van der Waals surface area contributed by atoms with Crippen LogP contribution in [0.1, 0.15) is 35.9 Å². The Bertz CT molecular complexity index is 1260. The number of likely N-dealkylation sites (tertiary alicyclic amines) is 1. The highest BCUT2D eigenvalue weighted by Crippen LogP contribution is 2.42.